The molecular formula is C12H13NO3. The van der Waals surface area contributed by atoms with Gasteiger partial charge < -0.3 is 9.84 Å². The molecule has 0 bridgehead atoms. The van der Waals surface area contributed by atoms with Crippen molar-refractivity contribution in [1.29, 1.82) is 0 Å². The minimum Gasteiger partial charge on any atom is -0.481 e. The van der Waals surface area contributed by atoms with Gasteiger partial charge in [-0.1, -0.05) is 24.3 Å². The molecule has 1 N–H and O–H groups in total. The minimum absolute atomic E-state index is 0.129. The van der Waals surface area contributed by atoms with Crippen molar-refractivity contribution in [2.75, 3.05) is 6.54 Å². The fourth-order valence-corrected chi connectivity index (χ4v) is 1.76. The van der Waals surface area contributed by atoms with Crippen LogP contribution in [0.2, 0.25) is 0 Å². The van der Waals surface area contributed by atoms with Crippen LogP contribution < -0.4 is 0 Å². The Morgan fingerprint density at radius 1 is 1.56 bits per heavy atom. The van der Waals surface area contributed by atoms with E-state index in [1.807, 2.05) is 31.2 Å². The Morgan fingerprint density at radius 2 is 2.31 bits per heavy atom. The normalized spacial score (nSPS) is 19.1. The molecule has 0 radical (unpaired) electrons. The zero-order chi connectivity index (χ0) is 11.5. The molecule has 0 spiro atoms. The second kappa shape index (κ2) is 4.35. The maximum Gasteiger partial charge on any atom is 0.312 e. The number of carbonyl (C=O) groups is 1. The average Bonchev–Trinajstić information content (AvgIpc) is 2.66. The van der Waals surface area contributed by atoms with Crippen LogP contribution in [0, 0.1) is 6.92 Å². The number of carboxylic acid groups (broad SMARTS) is 1. The van der Waals surface area contributed by atoms with Gasteiger partial charge in [-0.05, 0) is 18.1 Å². The number of hydrogen-bond acceptors (Lipinski definition) is 3. The molecule has 0 amide bonds. The first-order chi connectivity index (χ1) is 7.66. The van der Waals surface area contributed by atoms with Crippen molar-refractivity contribution in [3.8, 4) is 0 Å². The number of carboxylic acids is 1. The van der Waals surface area contributed by atoms with Gasteiger partial charge in [-0.15, -0.1) is 0 Å². The molecule has 0 aliphatic carbocycles. The maximum atomic E-state index is 10.5. The highest BCUT2D eigenvalue weighted by atomic mass is 16.5. The van der Waals surface area contributed by atoms with Crippen molar-refractivity contribution in [1.82, 2.24) is 0 Å². The van der Waals surface area contributed by atoms with Gasteiger partial charge in [0.25, 0.3) is 0 Å². The second-order valence-electron chi connectivity index (χ2n) is 3.77. The highest BCUT2D eigenvalue weighted by molar-refractivity contribution is 5.94. The number of nitrogens with zero attached hydrogens (tertiary/aromatic N) is 1. The summed E-state index contributed by atoms with van der Waals surface area (Å²) in [6, 6.07) is 7.90. The molecule has 0 saturated heterocycles. The molecule has 1 aliphatic rings. The van der Waals surface area contributed by atoms with E-state index in [0.29, 0.717) is 12.4 Å². The van der Waals surface area contributed by atoms with E-state index < -0.39 is 5.97 Å². The van der Waals surface area contributed by atoms with E-state index in [4.69, 9.17) is 9.84 Å². The summed E-state index contributed by atoms with van der Waals surface area (Å²) in [5, 5.41) is 8.62. The summed E-state index contributed by atoms with van der Waals surface area (Å²) < 4.78 is 5.51. The first kappa shape index (κ1) is 10.7. The molecule has 0 fully saturated rings. The Balaban J connectivity index is 2.06. The third kappa shape index (κ3) is 2.21. The van der Waals surface area contributed by atoms with Crippen LogP contribution in [0.3, 0.4) is 0 Å². The van der Waals surface area contributed by atoms with Crippen molar-refractivity contribution in [2.45, 2.75) is 19.4 Å². The molecule has 16 heavy (non-hydrogen) atoms. The molecule has 84 valence electrons. The van der Waals surface area contributed by atoms with Gasteiger partial charge in [0.15, 0.2) is 5.90 Å². The number of aliphatic imine (C=N–C) groups is 1. The molecule has 1 aromatic carbocycles. The molecule has 1 aromatic rings. The van der Waals surface area contributed by atoms with E-state index in [0.717, 1.165) is 11.1 Å². The molecule has 2 rings (SSSR count). The Labute approximate surface area is 93.6 Å². The third-order valence-electron chi connectivity index (χ3n) is 2.55. The molecule has 4 nitrogen and oxygen atoms in total. The highest BCUT2D eigenvalue weighted by Gasteiger charge is 2.23. The molecule has 4 heteroatoms. The van der Waals surface area contributed by atoms with Gasteiger partial charge in [0.05, 0.1) is 6.54 Å². The highest BCUT2D eigenvalue weighted by Crippen LogP contribution is 2.26. The fourth-order valence-electron chi connectivity index (χ4n) is 1.76. The monoisotopic (exact) mass is 219 g/mol. The number of aryl methyl sites for hydroxylation is 1. The summed E-state index contributed by atoms with van der Waals surface area (Å²) in [6.07, 6.45) is -0.266. The maximum absolute atomic E-state index is 10.5. The quantitative estimate of drug-likeness (QED) is 0.845. The average molecular weight is 219 g/mol. The molecule has 1 aliphatic heterocycles. The van der Waals surface area contributed by atoms with Crippen molar-refractivity contribution < 1.29 is 14.6 Å². The number of hydrogen-bond donors (Lipinski definition) is 1. The van der Waals surface area contributed by atoms with E-state index in [2.05, 4.69) is 4.99 Å². The van der Waals surface area contributed by atoms with E-state index in [9.17, 15) is 4.79 Å². The summed E-state index contributed by atoms with van der Waals surface area (Å²) in [7, 11) is 0. The Bertz CT molecular complexity index is 440. The second-order valence-corrected chi connectivity index (χ2v) is 3.77. The topological polar surface area (TPSA) is 58.9 Å². The smallest absolute Gasteiger partial charge is 0.312 e. The largest absolute Gasteiger partial charge is 0.481 e. The summed E-state index contributed by atoms with van der Waals surface area (Å²) in [4.78, 5) is 14.6. The van der Waals surface area contributed by atoms with Crippen molar-refractivity contribution >= 4 is 11.9 Å². The van der Waals surface area contributed by atoms with E-state index in [-0.39, 0.29) is 12.5 Å². The van der Waals surface area contributed by atoms with Gasteiger partial charge in [-0.3, -0.25) is 9.79 Å². The first-order valence-corrected chi connectivity index (χ1v) is 5.14. The fraction of sp³-hybridized carbons (Fsp3) is 0.333. The summed E-state index contributed by atoms with van der Waals surface area (Å²) >= 11 is 0. The molecule has 0 saturated carbocycles. The minimum atomic E-state index is -0.913. The zero-order valence-electron chi connectivity index (χ0n) is 9.01. The molecule has 1 heterocycles. The van der Waals surface area contributed by atoms with E-state index in [1.54, 1.807) is 0 Å². The lowest BCUT2D eigenvalue weighted by Crippen LogP contribution is -2.10. The molecule has 0 aromatic heterocycles. The Kier molecular flexibility index (Phi) is 2.90. The third-order valence-corrected chi connectivity index (χ3v) is 2.55. The van der Waals surface area contributed by atoms with Gasteiger partial charge in [-0.2, -0.15) is 0 Å². The number of rotatable bonds is 3. The SMILES string of the molecule is Cc1ccccc1C1CN=C(CC(=O)O)O1. The van der Waals surface area contributed by atoms with Gasteiger partial charge in [-0.25, -0.2) is 0 Å². The van der Waals surface area contributed by atoms with Crippen LogP contribution in [0.4, 0.5) is 0 Å². The van der Waals surface area contributed by atoms with Crippen LogP contribution in [-0.4, -0.2) is 23.5 Å². The van der Waals surface area contributed by atoms with Gasteiger partial charge in [0.1, 0.15) is 12.5 Å². The van der Waals surface area contributed by atoms with Gasteiger partial charge >= 0.3 is 5.97 Å². The van der Waals surface area contributed by atoms with Crippen LogP contribution in [0.15, 0.2) is 29.3 Å². The van der Waals surface area contributed by atoms with Crippen LogP contribution in [0.25, 0.3) is 0 Å². The lowest BCUT2D eigenvalue weighted by atomic mass is 10.0. The molecule has 1 atom stereocenters. The lowest BCUT2D eigenvalue weighted by molar-refractivity contribution is -0.135. The van der Waals surface area contributed by atoms with E-state index >= 15 is 0 Å². The summed E-state index contributed by atoms with van der Waals surface area (Å²) in [5.74, 6) is -0.593. The van der Waals surface area contributed by atoms with Crippen LogP contribution >= 0.6 is 0 Å². The first-order valence-electron chi connectivity index (χ1n) is 5.14. The predicted octanol–water partition coefficient (Wildman–Crippen LogP) is 1.94. The number of ether oxygens (including phenoxy) is 1. The van der Waals surface area contributed by atoms with Gasteiger partial charge in [0.2, 0.25) is 0 Å². The van der Waals surface area contributed by atoms with Crippen molar-refractivity contribution in [3.05, 3.63) is 35.4 Å². The summed E-state index contributed by atoms with van der Waals surface area (Å²) in [5.41, 5.74) is 2.21. The molecule has 1 unspecified atom stereocenters. The van der Waals surface area contributed by atoms with Crippen LogP contribution in [-0.2, 0) is 9.53 Å². The van der Waals surface area contributed by atoms with Gasteiger partial charge in [0, 0.05) is 0 Å². The number of aliphatic carboxylic acids is 1. The lowest BCUT2D eigenvalue weighted by Gasteiger charge is -2.13. The van der Waals surface area contributed by atoms with Crippen LogP contribution in [0.5, 0.6) is 0 Å². The Hall–Kier alpha value is -1.84. The zero-order valence-corrected chi connectivity index (χ0v) is 9.01. The standard InChI is InChI=1S/C12H13NO3/c1-8-4-2-3-5-9(8)10-7-13-11(16-10)6-12(14)15/h2-5,10H,6-7H2,1H3,(H,14,15). The van der Waals surface area contributed by atoms with Crippen molar-refractivity contribution in [2.24, 2.45) is 4.99 Å². The molecular weight excluding hydrogens is 206 g/mol. The van der Waals surface area contributed by atoms with Crippen molar-refractivity contribution in [3.63, 3.8) is 0 Å². The predicted molar refractivity (Wildman–Crippen MR) is 59.6 cm³/mol. The number of benzene rings is 1. The summed E-state index contributed by atoms with van der Waals surface area (Å²) in [6.45, 7) is 2.52. The van der Waals surface area contributed by atoms with Crippen LogP contribution in [0.1, 0.15) is 23.7 Å². The Morgan fingerprint density at radius 3 is 3.00 bits per heavy atom. The van der Waals surface area contributed by atoms with E-state index in [1.165, 1.54) is 0 Å².